The molecular formula is C20H22ClF3N2S. The van der Waals surface area contributed by atoms with Crippen LogP contribution in [0.4, 0.5) is 18.9 Å². The topological polar surface area (TPSA) is 15.6 Å². The van der Waals surface area contributed by atoms with Gasteiger partial charge in [-0.05, 0) is 62.2 Å². The third-order valence-electron chi connectivity index (χ3n) is 4.05. The molecule has 27 heavy (non-hydrogen) atoms. The highest BCUT2D eigenvalue weighted by Gasteiger charge is 2.27. The summed E-state index contributed by atoms with van der Waals surface area (Å²) in [5, 5.41) is 0.634. The molecule has 2 aromatic rings. The van der Waals surface area contributed by atoms with Gasteiger partial charge in [0, 0.05) is 29.1 Å². The molecular weight excluding hydrogens is 393 g/mol. The first-order chi connectivity index (χ1) is 12.6. The van der Waals surface area contributed by atoms with Crippen molar-refractivity contribution in [3.8, 4) is 0 Å². The molecule has 0 amide bonds. The Kier molecular flexibility index (Phi) is 7.23. The lowest BCUT2D eigenvalue weighted by molar-refractivity contribution is -0.105. The maximum absolute atomic E-state index is 12.6. The normalized spacial score (nSPS) is 12.4. The van der Waals surface area contributed by atoms with Crippen molar-refractivity contribution in [2.24, 2.45) is 4.99 Å². The zero-order valence-electron chi connectivity index (χ0n) is 15.7. The lowest BCUT2D eigenvalue weighted by atomic mass is 10.1. The standard InChI is InChI=1S/C20H22ClF3N2S/c1-5-26(4)19(15-6-8-16(21)9-7-15)25-17-11-18(14(3)10-13(17)2)27-12-20(22,23)24/h6-11H,5,12H2,1-4H3. The van der Waals surface area contributed by atoms with Crippen molar-refractivity contribution in [2.45, 2.75) is 31.8 Å². The van der Waals surface area contributed by atoms with E-state index in [0.717, 1.165) is 40.8 Å². The second-order valence-electron chi connectivity index (χ2n) is 6.26. The van der Waals surface area contributed by atoms with Crippen molar-refractivity contribution in [1.82, 2.24) is 4.90 Å². The summed E-state index contributed by atoms with van der Waals surface area (Å²) in [5.74, 6) is -0.174. The van der Waals surface area contributed by atoms with Gasteiger partial charge in [-0.1, -0.05) is 17.7 Å². The minimum Gasteiger partial charge on any atom is -0.359 e. The zero-order valence-corrected chi connectivity index (χ0v) is 17.3. The van der Waals surface area contributed by atoms with Gasteiger partial charge in [0.2, 0.25) is 0 Å². The summed E-state index contributed by atoms with van der Waals surface area (Å²) in [4.78, 5) is 7.36. The van der Waals surface area contributed by atoms with Crippen LogP contribution >= 0.6 is 23.4 Å². The molecule has 0 aliphatic rings. The van der Waals surface area contributed by atoms with Gasteiger partial charge in [0.1, 0.15) is 5.84 Å². The fourth-order valence-electron chi connectivity index (χ4n) is 2.49. The highest BCUT2D eigenvalue weighted by atomic mass is 35.5. The fraction of sp³-hybridized carbons (Fsp3) is 0.350. The molecule has 0 aliphatic heterocycles. The van der Waals surface area contributed by atoms with Crippen LogP contribution in [-0.4, -0.2) is 36.3 Å². The smallest absolute Gasteiger partial charge is 0.359 e. The van der Waals surface area contributed by atoms with Gasteiger partial charge in [-0.25, -0.2) is 4.99 Å². The first-order valence-electron chi connectivity index (χ1n) is 8.47. The summed E-state index contributed by atoms with van der Waals surface area (Å²) in [6, 6.07) is 11.0. The number of thioether (sulfide) groups is 1. The maximum atomic E-state index is 12.6. The van der Waals surface area contributed by atoms with Crippen LogP contribution in [0.5, 0.6) is 0 Å². The third-order valence-corrected chi connectivity index (χ3v) is 5.52. The van der Waals surface area contributed by atoms with Gasteiger partial charge < -0.3 is 4.90 Å². The number of aryl methyl sites for hydroxylation is 2. The van der Waals surface area contributed by atoms with Gasteiger partial charge >= 0.3 is 6.18 Å². The van der Waals surface area contributed by atoms with Crippen LogP contribution < -0.4 is 0 Å². The molecule has 0 atom stereocenters. The first kappa shape index (κ1) is 21.6. The summed E-state index contributed by atoms with van der Waals surface area (Å²) in [5.41, 5.74) is 3.29. The fourth-order valence-corrected chi connectivity index (χ4v) is 3.42. The van der Waals surface area contributed by atoms with Gasteiger partial charge in [-0.2, -0.15) is 13.2 Å². The molecule has 0 aromatic heterocycles. The number of benzene rings is 2. The van der Waals surface area contributed by atoms with Crippen molar-refractivity contribution in [3.63, 3.8) is 0 Å². The third kappa shape index (κ3) is 6.18. The molecule has 2 nitrogen and oxygen atoms in total. The molecule has 2 aromatic carbocycles. The number of hydrogen-bond donors (Lipinski definition) is 0. The predicted octanol–water partition coefficient (Wildman–Crippen LogP) is 6.64. The monoisotopic (exact) mass is 414 g/mol. The largest absolute Gasteiger partial charge is 0.398 e. The Bertz CT molecular complexity index is 817. The van der Waals surface area contributed by atoms with E-state index in [-0.39, 0.29) is 0 Å². The molecule has 0 saturated heterocycles. The molecule has 2 rings (SSSR count). The van der Waals surface area contributed by atoms with Crippen LogP contribution in [0.3, 0.4) is 0 Å². The molecule has 0 fully saturated rings. The van der Waals surface area contributed by atoms with Gasteiger partial charge in [-0.3, -0.25) is 0 Å². The molecule has 7 heteroatoms. The van der Waals surface area contributed by atoms with Crippen molar-refractivity contribution < 1.29 is 13.2 Å². The molecule has 0 radical (unpaired) electrons. The number of halogens is 4. The predicted molar refractivity (Wildman–Crippen MR) is 109 cm³/mol. The van der Waals surface area contributed by atoms with Crippen LogP contribution in [0.25, 0.3) is 0 Å². The average molecular weight is 415 g/mol. The summed E-state index contributed by atoms with van der Waals surface area (Å²) in [7, 11) is 1.93. The van der Waals surface area contributed by atoms with Crippen molar-refractivity contribution >= 4 is 34.9 Å². The molecule has 0 spiro atoms. The highest BCUT2D eigenvalue weighted by molar-refractivity contribution is 7.99. The minimum atomic E-state index is -4.21. The summed E-state index contributed by atoms with van der Waals surface area (Å²) < 4.78 is 37.8. The van der Waals surface area contributed by atoms with E-state index in [1.807, 2.05) is 50.9 Å². The van der Waals surface area contributed by atoms with E-state index < -0.39 is 11.9 Å². The van der Waals surface area contributed by atoms with E-state index in [2.05, 4.69) is 0 Å². The van der Waals surface area contributed by atoms with E-state index in [1.54, 1.807) is 18.2 Å². The Morgan fingerprint density at radius 3 is 2.30 bits per heavy atom. The Morgan fingerprint density at radius 1 is 1.11 bits per heavy atom. The number of rotatable bonds is 5. The second kappa shape index (κ2) is 9.02. The second-order valence-corrected chi connectivity index (χ2v) is 7.72. The molecule has 0 saturated carbocycles. The number of alkyl halides is 3. The van der Waals surface area contributed by atoms with Gasteiger partial charge in [0.15, 0.2) is 0 Å². The Hall–Kier alpha value is -1.66. The van der Waals surface area contributed by atoms with E-state index in [0.29, 0.717) is 15.6 Å². The van der Waals surface area contributed by atoms with Crippen LogP contribution in [0, 0.1) is 13.8 Å². The SMILES string of the molecule is CCN(C)C(=Nc1cc(SCC(F)(F)F)c(C)cc1C)c1ccc(Cl)cc1. The number of amidine groups is 1. The highest BCUT2D eigenvalue weighted by Crippen LogP contribution is 2.34. The number of aliphatic imine (C=N–C) groups is 1. The van der Waals surface area contributed by atoms with Gasteiger partial charge in [-0.15, -0.1) is 11.8 Å². The average Bonchev–Trinajstić information content (AvgIpc) is 2.59. The zero-order chi connectivity index (χ0) is 20.2. The Labute approximate surface area is 167 Å². The van der Waals surface area contributed by atoms with Crippen LogP contribution in [-0.2, 0) is 0 Å². The lowest BCUT2D eigenvalue weighted by Gasteiger charge is -2.20. The summed E-state index contributed by atoms with van der Waals surface area (Å²) in [6.45, 7) is 6.48. The lowest BCUT2D eigenvalue weighted by Crippen LogP contribution is -2.27. The Balaban J connectivity index is 2.47. The maximum Gasteiger partial charge on any atom is 0.398 e. The molecule has 0 heterocycles. The first-order valence-corrected chi connectivity index (χ1v) is 9.83. The van der Waals surface area contributed by atoms with E-state index in [4.69, 9.17) is 16.6 Å². The van der Waals surface area contributed by atoms with Crippen molar-refractivity contribution in [2.75, 3.05) is 19.3 Å². The molecule has 0 unspecified atom stereocenters. The number of nitrogens with zero attached hydrogens (tertiary/aromatic N) is 2. The van der Waals surface area contributed by atoms with Gasteiger partial charge in [0.05, 0.1) is 11.4 Å². The van der Waals surface area contributed by atoms with Crippen LogP contribution in [0.15, 0.2) is 46.3 Å². The number of hydrogen-bond acceptors (Lipinski definition) is 2. The van der Waals surface area contributed by atoms with Gasteiger partial charge in [0.25, 0.3) is 0 Å². The summed E-state index contributed by atoms with van der Waals surface area (Å²) >= 11 is 6.77. The van der Waals surface area contributed by atoms with E-state index in [1.165, 1.54) is 0 Å². The van der Waals surface area contributed by atoms with E-state index >= 15 is 0 Å². The molecule has 0 N–H and O–H groups in total. The minimum absolute atomic E-state index is 0.589. The Morgan fingerprint density at radius 2 is 1.74 bits per heavy atom. The molecule has 0 aliphatic carbocycles. The summed E-state index contributed by atoms with van der Waals surface area (Å²) in [6.07, 6.45) is -4.21. The molecule has 0 bridgehead atoms. The van der Waals surface area contributed by atoms with Crippen LogP contribution in [0.1, 0.15) is 23.6 Å². The quantitative estimate of drug-likeness (QED) is 0.309. The van der Waals surface area contributed by atoms with Crippen molar-refractivity contribution in [3.05, 3.63) is 58.1 Å². The molecule has 146 valence electrons. The van der Waals surface area contributed by atoms with Crippen LogP contribution in [0.2, 0.25) is 5.02 Å². The van der Waals surface area contributed by atoms with Crippen molar-refractivity contribution in [1.29, 1.82) is 0 Å². The van der Waals surface area contributed by atoms with E-state index in [9.17, 15) is 13.2 Å².